The van der Waals surface area contributed by atoms with Crippen LogP contribution in [0.4, 0.5) is 0 Å². The highest BCUT2D eigenvalue weighted by atomic mass is 16.5. The minimum atomic E-state index is 0.169. The van der Waals surface area contributed by atoms with Gasteiger partial charge in [-0.2, -0.15) is 0 Å². The summed E-state index contributed by atoms with van der Waals surface area (Å²) in [5.41, 5.74) is 0.859. The van der Waals surface area contributed by atoms with E-state index in [2.05, 4.69) is 9.88 Å². The van der Waals surface area contributed by atoms with Crippen LogP contribution in [-0.2, 0) is 6.54 Å². The molecular weight excluding hydrogens is 232 g/mol. The summed E-state index contributed by atoms with van der Waals surface area (Å²) in [5.74, 6) is 1.38. The second-order valence-electron chi connectivity index (χ2n) is 4.42. The van der Waals surface area contributed by atoms with Gasteiger partial charge in [-0.15, -0.1) is 0 Å². The van der Waals surface area contributed by atoms with Crippen molar-refractivity contribution in [3.8, 4) is 11.5 Å². The summed E-state index contributed by atoms with van der Waals surface area (Å²) >= 11 is 0. The molecule has 1 aromatic rings. The van der Waals surface area contributed by atoms with E-state index < -0.39 is 0 Å². The van der Waals surface area contributed by atoms with Crippen molar-refractivity contribution in [2.75, 3.05) is 27.4 Å². The molecule has 5 heteroatoms. The Morgan fingerprint density at radius 1 is 1.39 bits per heavy atom. The zero-order chi connectivity index (χ0) is 13.0. The van der Waals surface area contributed by atoms with Gasteiger partial charge in [0.05, 0.1) is 20.8 Å². The molecule has 0 aliphatic heterocycles. The lowest BCUT2D eigenvalue weighted by atomic mass is 10.2. The molecule has 5 nitrogen and oxygen atoms in total. The number of pyridine rings is 1. The Labute approximate surface area is 107 Å². The highest BCUT2D eigenvalue weighted by Gasteiger charge is 2.29. The number of nitrogens with zero attached hydrogens (tertiary/aromatic N) is 2. The first-order valence-electron chi connectivity index (χ1n) is 6.21. The van der Waals surface area contributed by atoms with Crippen LogP contribution in [0.5, 0.6) is 11.5 Å². The van der Waals surface area contributed by atoms with E-state index in [0.29, 0.717) is 30.6 Å². The molecule has 0 atom stereocenters. The topological polar surface area (TPSA) is 54.8 Å². The Morgan fingerprint density at radius 3 is 2.72 bits per heavy atom. The fraction of sp³-hybridized carbons (Fsp3) is 0.615. The van der Waals surface area contributed by atoms with Crippen molar-refractivity contribution < 1.29 is 14.6 Å². The van der Waals surface area contributed by atoms with Gasteiger partial charge in [-0.25, -0.2) is 0 Å². The molecule has 1 fully saturated rings. The van der Waals surface area contributed by atoms with Crippen molar-refractivity contribution in [3.05, 3.63) is 18.0 Å². The first-order chi connectivity index (χ1) is 8.80. The Hall–Kier alpha value is -1.33. The molecule has 2 rings (SSSR count). The highest BCUT2D eigenvalue weighted by molar-refractivity contribution is 5.42. The molecular formula is C13H20N2O3. The Bertz CT molecular complexity index is 394. The number of aliphatic hydroxyl groups is 1. The third kappa shape index (κ3) is 2.91. The molecule has 1 saturated carbocycles. The van der Waals surface area contributed by atoms with Crippen LogP contribution in [0.3, 0.4) is 0 Å². The molecule has 0 radical (unpaired) electrons. The summed E-state index contributed by atoms with van der Waals surface area (Å²) in [6.07, 6.45) is 4.12. The molecule has 1 aromatic heterocycles. The summed E-state index contributed by atoms with van der Waals surface area (Å²) in [6.45, 7) is 1.53. The normalized spacial score (nSPS) is 14.9. The third-order valence-corrected chi connectivity index (χ3v) is 3.17. The second-order valence-corrected chi connectivity index (χ2v) is 4.42. The molecule has 100 valence electrons. The molecule has 0 saturated heterocycles. The zero-order valence-corrected chi connectivity index (χ0v) is 10.9. The van der Waals surface area contributed by atoms with Crippen LogP contribution in [0, 0.1) is 0 Å². The molecule has 1 heterocycles. The van der Waals surface area contributed by atoms with Gasteiger partial charge in [0, 0.05) is 31.4 Å². The lowest BCUT2D eigenvalue weighted by Crippen LogP contribution is -2.29. The number of ether oxygens (including phenoxy) is 2. The van der Waals surface area contributed by atoms with Crippen molar-refractivity contribution in [1.82, 2.24) is 9.88 Å². The van der Waals surface area contributed by atoms with Crippen molar-refractivity contribution in [3.63, 3.8) is 0 Å². The van der Waals surface area contributed by atoms with E-state index in [1.165, 1.54) is 12.8 Å². The maximum Gasteiger partial charge on any atom is 0.183 e. The van der Waals surface area contributed by atoms with Gasteiger partial charge in [-0.05, 0) is 12.8 Å². The van der Waals surface area contributed by atoms with Crippen molar-refractivity contribution in [2.45, 2.75) is 25.4 Å². The van der Waals surface area contributed by atoms with Gasteiger partial charge in [0.15, 0.2) is 11.5 Å². The van der Waals surface area contributed by atoms with Crippen LogP contribution in [0.25, 0.3) is 0 Å². The molecule has 18 heavy (non-hydrogen) atoms. The number of hydrogen-bond acceptors (Lipinski definition) is 5. The van der Waals surface area contributed by atoms with Gasteiger partial charge in [-0.1, -0.05) is 0 Å². The molecule has 0 bridgehead atoms. The van der Waals surface area contributed by atoms with Gasteiger partial charge < -0.3 is 14.6 Å². The van der Waals surface area contributed by atoms with Gasteiger partial charge in [0.1, 0.15) is 5.69 Å². The van der Waals surface area contributed by atoms with E-state index in [9.17, 15) is 0 Å². The van der Waals surface area contributed by atoms with Gasteiger partial charge in [-0.3, -0.25) is 9.88 Å². The molecule has 0 aromatic carbocycles. The van der Waals surface area contributed by atoms with E-state index in [-0.39, 0.29) is 6.61 Å². The summed E-state index contributed by atoms with van der Waals surface area (Å²) in [4.78, 5) is 6.60. The SMILES string of the molecule is COc1ccnc(CN(CCO)C2CC2)c1OC. The predicted molar refractivity (Wildman–Crippen MR) is 67.9 cm³/mol. The highest BCUT2D eigenvalue weighted by Crippen LogP contribution is 2.33. The van der Waals surface area contributed by atoms with Crippen molar-refractivity contribution >= 4 is 0 Å². The Kier molecular flexibility index (Phi) is 4.38. The minimum Gasteiger partial charge on any atom is -0.493 e. The van der Waals surface area contributed by atoms with Crippen molar-refractivity contribution in [1.29, 1.82) is 0 Å². The minimum absolute atomic E-state index is 0.169. The van der Waals surface area contributed by atoms with Crippen LogP contribution in [0.1, 0.15) is 18.5 Å². The number of hydrogen-bond donors (Lipinski definition) is 1. The summed E-state index contributed by atoms with van der Waals surface area (Å²) in [6, 6.07) is 2.37. The zero-order valence-electron chi connectivity index (χ0n) is 10.9. The van der Waals surface area contributed by atoms with E-state index in [1.807, 2.05) is 0 Å². The molecule has 0 amide bonds. The van der Waals surface area contributed by atoms with Crippen LogP contribution < -0.4 is 9.47 Å². The largest absolute Gasteiger partial charge is 0.493 e. The average molecular weight is 252 g/mol. The van der Waals surface area contributed by atoms with Crippen LogP contribution in [-0.4, -0.2) is 48.4 Å². The number of aromatic nitrogens is 1. The van der Waals surface area contributed by atoms with E-state index in [1.54, 1.807) is 26.5 Å². The summed E-state index contributed by atoms with van der Waals surface area (Å²) in [5, 5.41) is 9.10. The maximum absolute atomic E-state index is 9.10. The first-order valence-corrected chi connectivity index (χ1v) is 6.21. The molecule has 0 unspecified atom stereocenters. The molecule has 1 aliphatic carbocycles. The summed E-state index contributed by atoms with van der Waals surface area (Å²) < 4.78 is 10.6. The number of methoxy groups -OCH3 is 2. The second kappa shape index (κ2) is 6.02. The lowest BCUT2D eigenvalue weighted by molar-refractivity contribution is 0.180. The third-order valence-electron chi connectivity index (χ3n) is 3.17. The predicted octanol–water partition coefficient (Wildman–Crippen LogP) is 1.06. The Balaban J connectivity index is 2.16. The van der Waals surface area contributed by atoms with Gasteiger partial charge in [0.25, 0.3) is 0 Å². The molecule has 1 aliphatic rings. The summed E-state index contributed by atoms with van der Waals surface area (Å²) in [7, 11) is 3.24. The fourth-order valence-corrected chi connectivity index (χ4v) is 2.11. The smallest absolute Gasteiger partial charge is 0.183 e. The lowest BCUT2D eigenvalue weighted by Gasteiger charge is -2.21. The molecule has 1 N–H and O–H groups in total. The quantitative estimate of drug-likeness (QED) is 0.786. The first kappa shape index (κ1) is 13.1. The monoisotopic (exact) mass is 252 g/mol. The molecule has 0 spiro atoms. The maximum atomic E-state index is 9.10. The fourth-order valence-electron chi connectivity index (χ4n) is 2.11. The number of rotatable bonds is 7. The standard InChI is InChI=1S/C13H20N2O3/c1-17-12-5-6-14-11(13(12)18-2)9-15(7-8-16)10-3-4-10/h5-6,10,16H,3-4,7-9H2,1-2H3. The number of aliphatic hydroxyl groups excluding tert-OH is 1. The van der Waals surface area contributed by atoms with E-state index in [4.69, 9.17) is 14.6 Å². The van der Waals surface area contributed by atoms with E-state index >= 15 is 0 Å². The average Bonchev–Trinajstić information content (AvgIpc) is 3.22. The Morgan fingerprint density at radius 2 is 2.17 bits per heavy atom. The van der Waals surface area contributed by atoms with Crippen molar-refractivity contribution in [2.24, 2.45) is 0 Å². The van der Waals surface area contributed by atoms with Crippen LogP contribution in [0.15, 0.2) is 12.3 Å². The van der Waals surface area contributed by atoms with Crippen LogP contribution >= 0.6 is 0 Å². The van der Waals surface area contributed by atoms with Gasteiger partial charge >= 0.3 is 0 Å². The van der Waals surface area contributed by atoms with Gasteiger partial charge in [0.2, 0.25) is 0 Å². The van der Waals surface area contributed by atoms with Crippen LogP contribution in [0.2, 0.25) is 0 Å². The van der Waals surface area contributed by atoms with E-state index in [0.717, 1.165) is 5.69 Å².